The Morgan fingerprint density at radius 3 is 2.09 bits per heavy atom. The summed E-state index contributed by atoms with van der Waals surface area (Å²) >= 11 is 1.51. The lowest BCUT2D eigenvalue weighted by Crippen LogP contribution is -2.14. The molecule has 1 unspecified atom stereocenters. The van der Waals surface area contributed by atoms with Crippen LogP contribution in [0.4, 0.5) is 0 Å². The SMILES string of the molecule is COc1cc(-c2ccc(C(=O)C(OC)c3ccc(-c4nnc(C)s4)cc3)o2)cc(OC)c1OC. The van der Waals surface area contributed by atoms with Gasteiger partial charge in [0.05, 0.1) is 21.3 Å². The molecule has 0 bridgehead atoms. The number of hydrogen-bond donors (Lipinski definition) is 0. The second kappa shape index (κ2) is 10.1. The molecular formula is C25H24N2O6S. The molecule has 2 heterocycles. The van der Waals surface area contributed by atoms with Gasteiger partial charge >= 0.3 is 0 Å². The molecule has 0 saturated heterocycles. The van der Waals surface area contributed by atoms with Crippen LogP contribution in [0.15, 0.2) is 52.9 Å². The molecule has 4 rings (SSSR count). The second-order valence-electron chi connectivity index (χ2n) is 7.31. The highest BCUT2D eigenvalue weighted by molar-refractivity contribution is 7.14. The summed E-state index contributed by atoms with van der Waals surface area (Å²) < 4.78 is 27.6. The lowest BCUT2D eigenvalue weighted by Gasteiger charge is -2.14. The number of aromatic nitrogens is 2. The zero-order valence-electron chi connectivity index (χ0n) is 19.4. The number of ether oxygens (including phenoxy) is 4. The highest BCUT2D eigenvalue weighted by atomic mass is 32.1. The first-order valence-corrected chi connectivity index (χ1v) is 11.2. The Kier molecular flexibility index (Phi) is 6.95. The summed E-state index contributed by atoms with van der Waals surface area (Å²) in [4.78, 5) is 13.2. The fraction of sp³-hybridized carbons (Fsp3) is 0.240. The Balaban J connectivity index is 1.60. The van der Waals surface area contributed by atoms with E-state index in [9.17, 15) is 4.79 Å². The Morgan fingerprint density at radius 1 is 0.882 bits per heavy atom. The molecule has 0 saturated carbocycles. The van der Waals surface area contributed by atoms with E-state index in [1.165, 1.54) is 25.6 Å². The first kappa shape index (κ1) is 23.5. The van der Waals surface area contributed by atoms with Crippen LogP contribution in [-0.2, 0) is 4.74 Å². The van der Waals surface area contributed by atoms with Crippen LogP contribution < -0.4 is 14.2 Å². The largest absolute Gasteiger partial charge is 0.493 e. The van der Waals surface area contributed by atoms with E-state index >= 15 is 0 Å². The van der Waals surface area contributed by atoms with Gasteiger partial charge in [0.2, 0.25) is 11.5 Å². The molecule has 4 aromatic rings. The number of furan rings is 1. The van der Waals surface area contributed by atoms with Crippen LogP contribution in [-0.4, -0.2) is 44.4 Å². The van der Waals surface area contributed by atoms with E-state index in [1.54, 1.807) is 38.5 Å². The summed E-state index contributed by atoms with van der Waals surface area (Å²) in [5.74, 6) is 1.82. The summed E-state index contributed by atoms with van der Waals surface area (Å²) in [6.45, 7) is 1.91. The molecule has 0 aliphatic heterocycles. The number of hydrogen-bond acceptors (Lipinski definition) is 9. The van der Waals surface area contributed by atoms with E-state index < -0.39 is 6.10 Å². The number of methoxy groups -OCH3 is 4. The number of Topliss-reactive ketones (excluding diaryl/α,β-unsaturated/α-hetero) is 1. The highest BCUT2D eigenvalue weighted by Gasteiger charge is 2.25. The van der Waals surface area contributed by atoms with Gasteiger partial charge in [-0.25, -0.2) is 0 Å². The van der Waals surface area contributed by atoms with Crippen LogP contribution in [0.5, 0.6) is 17.2 Å². The third-order valence-corrected chi connectivity index (χ3v) is 6.15. The topological polar surface area (TPSA) is 92.9 Å². The predicted molar refractivity (Wildman–Crippen MR) is 128 cm³/mol. The van der Waals surface area contributed by atoms with E-state index in [1.807, 2.05) is 31.2 Å². The predicted octanol–water partition coefficient (Wildman–Crippen LogP) is 5.37. The third kappa shape index (κ3) is 4.52. The molecule has 176 valence electrons. The van der Waals surface area contributed by atoms with Crippen LogP contribution >= 0.6 is 11.3 Å². The van der Waals surface area contributed by atoms with Gasteiger partial charge in [-0.15, -0.1) is 10.2 Å². The number of carbonyl (C=O) groups excluding carboxylic acids is 1. The Labute approximate surface area is 201 Å². The first-order chi connectivity index (χ1) is 16.5. The molecule has 0 radical (unpaired) electrons. The second-order valence-corrected chi connectivity index (χ2v) is 8.49. The molecule has 0 aliphatic rings. The van der Waals surface area contributed by atoms with Crippen molar-refractivity contribution in [2.24, 2.45) is 0 Å². The van der Waals surface area contributed by atoms with Crippen molar-refractivity contribution in [2.45, 2.75) is 13.0 Å². The molecule has 0 spiro atoms. The molecule has 2 aromatic heterocycles. The third-order valence-electron chi connectivity index (χ3n) is 5.26. The van der Waals surface area contributed by atoms with E-state index in [0.29, 0.717) is 34.1 Å². The van der Waals surface area contributed by atoms with Crippen molar-refractivity contribution in [3.8, 4) is 39.1 Å². The maximum atomic E-state index is 13.2. The van der Waals surface area contributed by atoms with E-state index in [4.69, 9.17) is 23.4 Å². The molecule has 0 N–H and O–H groups in total. The number of nitrogens with zero attached hydrogens (tertiary/aromatic N) is 2. The number of carbonyl (C=O) groups is 1. The van der Waals surface area contributed by atoms with Crippen LogP contribution in [0.3, 0.4) is 0 Å². The van der Waals surface area contributed by atoms with Crippen molar-refractivity contribution in [1.29, 1.82) is 0 Å². The van der Waals surface area contributed by atoms with Gasteiger partial charge < -0.3 is 23.4 Å². The van der Waals surface area contributed by atoms with Crippen molar-refractivity contribution in [2.75, 3.05) is 28.4 Å². The summed E-state index contributed by atoms with van der Waals surface area (Å²) in [6.07, 6.45) is -0.816. The highest BCUT2D eigenvalue weighted by Crippen LogP contribution is 2.41. The van der Waals surface area contributed by atoms with Crippen LogP contribution in [0.2, 0.25) is 0 Å². The maximum absolute atomic E-state index is 13.2. The Morgan fingerprint density at radius 2 is 1.56 bits per heavy atom. The summed E-state index contributed by atoms with van der Waals surface area (Å²) in [6, 6.07) is 14.4. The van der Waals surface area contributed by atoms with Gasteiger partial charge in [-0.1, -0.05) is 35.6 Å². The Bertz CT molecular complexity index is 1270. The average Bonchev–Trinajstić information content (AvgIpc) is 3.53. The monoisotopic (exact) mass is 480 g/mol. The lowest BCUT2D eigenvalue weighted by atomic mass is 10.0. The molecule has 0 amide bonds. The average molecular weight is 481 g/mol. The van der Waals surface area contributed by atoms with Crippen LogP contribution in [0, 0.1) is 6.92 Å². The van der Waals surface area contributed by atoms with Crippen molar-refractivity contribution in [3.05, 3.63) is 64.9 Å². The van der Waals surface area contributed by atoms with E-state index in [-0.39, 0.29) is 11.5 Å². The minimum absolute atomic E-state index is 0.180. The fourth-order valence-electron chi connectivity index (χ4n) is 3.59. The normalized spacial score (nSPS) is 11.8. The van der Waals surface area contributed by atoms with E-state index in [0.717, 1.165) is 15.6 Å². The standard InChI is InChI=1S/C25H24N2O6S/c1-14-26-27-25(34-14)16-8-6-15(7-9-16)23(31-4)22(28)19-11-10-18(33-19)17-12-20(29-2)24(32-5)21(13-17)30-3/h6-13,23H,1-5H3. The first-order valence-electron chi connectivity index (χ1n) is 10.4. The number of aryl methyl sites for hydroxylation is 1. The van der Waals surface area contributed by atoms with Crippen LogP contribution in [0.1, 0.15) is 27.2 Å². The summed E-state index contributed by atoms with van der Waals surface area (Å²) in [5.41, 5.74) is 2.32. The lowest BCUT2D eigenvalue weighted by molar-refractivity contribution is 0.0577. The van der Waals surface area contributed by atoms with Gasteiger partial charge in [0.1, 0.15) is 21.9 Å². The van der Waals surface area contributed by atoms with Crippen molar-refractivity contribution < 1.29 is 28.2 Å². The quantitative estimate of drug-likeness (QED) is 0.295. The van der Waals surface area contributed by atoms with Gasteiger partial charge in [-0.3, -0.25) is 4.79 Å². The van der Waals surface area contributed by atoms with Gasteiger partial charge in [0.15, 0.2) is 17.3 Å². The molecule has 0 aliphatic carbocycles. The van der Waals surface area contributed by atoms with Gasteiger partial charge in [0.25, 0.3) is 0 Å². The molecule has 2 aromatic carbocycles. The minimum Gasteiger partial charge on any atom is -0.493 e. The van der Waals surface area contributed by atoms with Gasteiger partial charge in [-0.2, -0.15) is 0 Å². The zero-order chi connectivity index (χ0) is 24.2. The maximum Gasteiger partial charge on any atom is 0.231 e. The van der Waals surface area contributed by atoms with Gasteiger partial charge in [0, 0.05) is 18.2 Å². The van der Waals surface area contributed by atoms with E-state index in [2.05, 4.69) is 10.2 Å². The smallest absolute Gasteiger partial charge is 0.231 e. The Hall–Kier alpha value is -3.69. The minimum atomic E-state index is -0.816. The summed E-state index contributed by atoms with van der Waals surface area (Å²) in [5, 5.41) is 9.93. The molecule has 9 heteroatoms. The zero-order valence-corrected chi connectivity index (χ0v) is 20.3. The molecule has 1 atom stereocenters. The van der Waals surface area contributed by atoms with Crippen molar-refractivity contribution in [1.82, 2.24) is 10.2 Å². The fourth-order valence-corrected chi connectivity index (χ4v) is 4.28. The molecular weight excluding hydrogens is 456 g/mol. The molecule has 34 heavy (non-hydrogen) atoms. The van der Waals surface area contributed by atoms with Crippen molar-refractivity contribution in [3.63, 3.8) is 0 Å². The molecule has 0 fully saturated rings. The molecule has 8 nitrogen and oxygen atoms in total. The number of rotatable bonds is 9. The summed E-state index contributed by atoms with van der Waals surface area (Å²) in [7, 11) is 6.11. The van der Waals surface area contributed by atoms with Crippen LogP contribution in [0.25, 0.3) is 21.9 Å². The van der Waals surface area contributed by atoms with Crippen molar-refractivity contribution >= 4 is 17.1 Å². The number of benzene rings is 2. The van der Waals surface area contributed by atoms with Gasteiger partial charge in [-0.05, 0) is 36.8 Å². The number of ketones is 1.